The summed E-state index contributed by atoms with van der Waals surface area (Å²) in [7, 11) is 0. The fraction of sp³-hybridized carbons (Fsp3) is 0.111. The zero-order valence-corrected chi connectivity index (χ0v) is 14.5. The van der Waals surface area contributed by atoms with Crippen molar-refractivity contribution in [2.75, 3.05) is 5.32 Å². The standard InChI is InChI=1S/C18H16INO2/c1-12-3-5-14(6-4-12)7-10-18(22)16-9-8-15(11-17(16)19)20-13(2)21/h3-11H,1-2H3,(H,20,21)/b10-7+. The summed E-state index contributed by atoms with van der Waals surface area (Å²) in [4.78, 5) is 23.3. The van der Waals surface area contributed by atoms with Crippen molar-refractivity contribution in [1.29, 1.82) is 0 Å². The lowest BCUT2D eigenvalue weighted by molar-refractivity contribution is -0.114. The van der Waals surface area contributed by atoms with Gasteiger partial charge >= 0.3 is 0 Å². The minimum Gasteiger partial charge on any atom is -0.326 e. The van der Waals surface area contributed by atoms with E-state index in [1.807, 2.05) is 31.2 Å². The number of carbonyl (C=O) groups excluding carboxylic acids is 2. The van der Waals surface area contributed by atoms with Gasteiger partial charge in [-0.25, -0.2) is 0 Å². The van der Waals surface area contributed by atoms with Gasteiger partial charge in [-0.2, -0.15) is 0 Å². The highest BCUT2D eigenvalue weighted by atomic mass is 127. The number of hydrogen-bond donors (Lipinski definition) is 1. The largest absolute Gasteiger partial charge is 0.326 e. The Bertz CT molecular complexity index is 733. The number of nitrogens with one attached hydrogen (secondary N) is 1. The summed E-state index contributed by atoms with van der Waals surface area (Å²) < 4.78 is 0.808. The first kappa shape index (κ1) is 16.4. The maximum absolute atomic E-state index is 12.3. The highest BCUT2D eigenvalue weighted by Gasteiger charge is 2.08. The van der Waals surface area contributed by atoms with Crippen molar-refractivity contribution in [3.8, 4) is 0 Å². The summed E-state index contributed by atoms with van der Waals surface area (Å²) in [6.07, 6.45) is 3.37. The van der Waals surface area contributed by atoms with E-state index >= 15 is 0 Å². The van der Waals surface area contributed by atoms with E-state index in [-0.39, 0.29) is 11.7 Å². The molecule has 0 saturated heterocycles. The van der Waals surface area contributed by atoms with Crippen LogP contribution >= 0.6 is 22.6 Å². The lowest BCUT2D eigenvalue weighted by atomic mass is 10.1. The summed E-state index contributed by atoms with van der Waals surface area (Å²) >= 11 is 2.10. The Hall–Kier alpha value is -1.95. The highest BCUT2D eigenvalue weighted by Crippen LogP contribution is 2.19. The van der Waals surface area contributed by atoms with E-state index in [1.165, 1.54) is 12.5 Å². The average molecular weight is 405 g/mol. The minimum atomic E-state index is -0.130. The molecule has 0 aromatic heterocycles. The number of allylic oxidation sites excluding steroid dienone is 1. The Morgan fingerprint density at radius 1 is 1.09 bits per heavy atom. The SMILES string of the molecule is CC(=O)Nc1ccc(C(=O)/C=C/c2ccc(C)cc2)c(I)c1. The monoisotopic (exact) mass is 405 g/mol. The van der Waals surface area contributed by atoms with Gasteiger partial charge in [0.25, 0.3) is 0 Å². The molecule has 0 aliphatic heterocycles. The fourth-order valence-corrected chi connectivity index (χ4v) is 2.72. The van der Waals surface area contributed by atoms with Crippen LogP contribution in [-0.4, -0.2) is 11.7 Å². The van der Waals surface area contributed by atoms with Crippen LogP contribution in [0.25, 0.3) is 6.08 Å². The molecule has 0 radical (unpaired) electrons. The second-order valence-corrected chi connectivity index (χ2v) is 6.15. The highest BCUT2D eigenvalue weighted by molar-refractivity contribution is 14.1. The van der Waals surface area contributed by atoms with Crippen molar-refractivity contribution < 1.29 is 9.59 Å². The molecule has 4 heteroatoms. The Labute approximate surface area is 143 Å². The number of carbonyl (C=O) groups is 2. The molecule has 0 atom stereocenters. The lowest BCUT2D eigenvalue weighted by Crippen LogP contribution is -2.07. The molecule has 1 amide bonds. The van der Waals surface area contributed by atoms with Crippen LogP contribution in [0.3, 0.4) is 0 Å². The van der Waals surface area contributed by atoms with Crippen molar-refractivity contribution in [2.45, 2.75) is 13.8 Å². The van der Waals surface area contributed by atoms with Crippen LogP contribution in [0.15, 0.2) is 48.5 Å². The van der Waals surface area contributed by atoms with Crippen LogP contribution in [0, 0.1) is 10.5 Å². The summed E-state index contributed by atoms with van der Waals surface area (Å²) in [6, 6.07) is 13.2. The molecule has 0 heterocycles. The van der Waals surface area contributed by atoms with Crippen LogP contribution in [0.5, 0.6) is 0 Å². The van der Waals surface area contributed by atoms with E-state index in [1.54, 1.807) is 30.4 Å². The third kappa shape index (κ3) is 4.53. The summed E-state index contributed by atoms with van der Waals surface area (Å²) in [5.41, 5.74) is 3.49. The molecule has 0 fully saturated rings. The van der Waals surface area contributed by atoms with Gasteiger partial charge in [0.2, 0.25) is 5.91 Å². The minimum absolute atomic E-state index is 0.0562. The summed E-state index contributed by atoms with van der Waals surface area (Å²) in [6.45, 7) is 3.48. The van der Waals surface area contributed by atoms with E-state index in [0.29, 0.717) is 11.3 Å². The van der Waals surface area contributed by atoms with Crippen molar-refractivity contribution in [1.82, 2.24) is 0 Å². The van der Waals surface area contributed by atoms with E-state index in [4.69, 9.17) is 0 Å². The molecule has 0 bridgehead atoms. The number of rotatable bonds is 4. The van der Waals surface area contributed by atoms with Crippen LogP contribution in [0.1, 0.15) is 28.4 Å². The van der Waals surface area contributed by atoms with E-state index < -0.39 is 0 Å². The van der Waals surface area contributed by atoms with Gasteiger partial charge in [-0.3, -0.25) is 9.59 Å². The van der Waals surface area contributed by atoms with Crippen LogP contribution in [-0.2, 0) is 4.79 Å². The molecule has 112 valence electrons. The van der Waals surface area contributed by atoms with Crippen molar-refractivity contribution in [3.63, 3.8) is 0 Å². The first-order chi connectivity index (χ1) is 10.5. The number of hydrogen-bond acceptors (Lipinski definition) is 2. The molecule has 3 nitrogen and oxygen atoms in total. The van der Waals surface area contributed by atoms with Gasteiger partial charge < -0.3 is 5.32 Å². The molecule has 0 unspecified atom stereocenters. The quantitative estimate of drug-likeness (QED) is 0.464. The van der Waals surface area contributed by atoms with Gasteiger partial charge in [-0.1, -0.05) is 35.9 Å². The van der Waals surface area contributed by atoms with Gasteiger partial charge in [0.05, 0.1) is 0 Å². The lowest BCUT2D eigenvalue weighted by Gasteiger charge is -2.05. The molecule has 0 aliphatic rings. The molecule has 1 N–H and O–H groups in total. The predicted octanol–water partition coefficient (Wildman–Crippen LogP) is 4.45. The van der Waals surface area contributed by atoms with Crippen LogP contribution < -0.4 is 5.32 Å². The first-order valence-electron chi connectivity index (χ1n) is 6.82. The summed E-state index contributed by atoms with van der Waals surface area (Å²) in [5.74, 6) is -0.187. The molecule has 2 aromatic rings. The fourth-order valence-electron chi connectivity index (χ4n) is 1.94. The third-order valence-electron chi connectivity index (χ3n) is 3.06. The molecule has 0 saturated carbocycles. The number of ketones is 1. The molecule has 2 rings (SSSR count). The molecule has 22 heavy (non-hydrogen) atoms. The van der Waals surface area contributed by atoms with Crippen LogP contribution in [0.4, 0.5) is 5.69 Å². The molecule has 0 spiro atoms. The number of amides is 1. The summed E-state index contributed by atoms with van der Waals surface area (Å²) in [5, 5.41) is 2.70. The molecule has 2 aromatic carbocycles. The normalized spacial score (nSPS) is 10.7. The Kier molecular flexibility index (Phi) is 5.49. The topological polar surface area (TPSA) is 46.2 Å². The smallest absolute Gasteiger partial charge is 0.221 e. The van der Waals surface area contributed by atoms with Crippen molar-refractivity contribution in [2.24, 2.45) is 0 Å². The molecular weight excluding hydrogens is 389 g/mol. The number of aryl methyl sites for hydroxylation is 1. The van der Waals surface area contributed by atoms with E-state index in [2.05, 4.69) is 27.9 Å². The molecular formula is C18H16INO2. The Balaban J connectivity index is 2.15. The molecule has 0 aliphatic carbocycles. The number of anilines is 1. The Morgan fingerprint density at radius 2 is 1.77 bits per heavy atom. The van der Waals surface area contributed by atoms with Gasteiger partial charge in [-0.15, -0.1) is 0 Å². The third-order valence-corrected chi connectivity index (χ3v) is 3.95. The maximum atomic E-state index is 12.3. The first-order valence-corrected chi connectivity index (χ1v) is 7.90. The predicted molar refractivity (Wildman–Crippen MR) is 98.0 cm³/mol. The average Bonchev–Trinajstić information content (AvgIpc) is 2.46. The second-order valence-electron chi connectivity index (χ2n) is 4.98. The van der Waals surface area contributed by atoms with Gasteiger partial charge in [0.1, 0.15) is 0 Å². The zero-order valence-electron chi connectivity index (χ0n) is 12.4. The maximum Gasteiger partial charge on any atom is 0.221 e. The van der Waals surface area contributed by atoms with Gasteiger partial charge in [-0.05, 0) is 59.4 Å². The second kappa shape index (κ2) is 7.35. The number of benzene rings is 2. The van der Waals surface area contributed by atoms with Gasteiger partial charge in [0.15, 0.2) is 5.78 Å². The van der Waals surface area contributed by atoms with E-state index in [0.717, 1.165) is 9.13 Å². The van der Waals surface area contributed by atoms with Crippen molar-refractivity contribution >= 4 is 46.0 Å². The van der Waals surface area contributed by atoms with Gasteiger partial charge in [0, 0.05) is 21.7 Å². The number of halogens is 1. The zero-order chi connectivity index (χ0) is 16.1. The van der Waals surface area contributed by atoms with Crippen LogP contribution in [0.2, 0.25) is 0 Å². The van der Waals surface area contributed by atoms with E-state index in [9.17, 15) is 9.59 Å². The van der Waals surface area contributed by atoms with Crippen molar-refractivity contribution in [3.05, 3.63) is 68.8 Å². The Morgan fingerprint density at radius 3 is 2.36 bits per heavy atom.